The quantitative estimate of drug-likeness (QED) is 0.749. The van der Waals surface area contributed by atoms with Crippen LogP contribution in [0.15, 0.2) is 54.7 Å². The maximum absolute atomic E-state index is 13.7. The number of nitrogens with zero attached hydrogens (tertiary/aromatic N) is 1. The molecule has 0 fully saturated rings. The fourth-order valence-corrected chi connectivity index (χ4v) is 3.26. The second-order valence-corrected chi connectivity index (χ2v) is 5.93. The minimum atomic E-state index is -0.728. The number of likely N-dealkylation sites (N-methyl/N-ethyl adjacent to an activating group) is 1. The lowest BCUT2D eigenvalue weighted by molar-refractivity contribution is 0.132. The Morgan fingerprint density at radius 2 is 2.00 bits per heavy atom. The molecule has 0 bridgehead atoms. The van der Waals surface area contributed by atoms with Crippen LogP contribution in [0.1, 0.15) is 11.6 Å². The summed E-state index contributed by atoms with van der Waals surface area (Å²) in [5.41, 5.74) is 1.53. The lowest BCUT2D eigenvalue weighted by atomic mass is 10.0. The number of nitrogens with one attached hydrogen (secondary N) is 1. The first-order valence-corrected chi connectivity index (χ1v) is 7.83. The van der Waals surface area contributed by atoms with E-state index in [4.69, 9.17) is 11.6 Å². The molecular formula is C18H18ClFN2O. The highest BCUT2D eigenvalue weighted by Crippen LogP contribution is 2.32. The number of benzene rings is 2. The molecule has 3 rings (SSSR count). The third-order valence-corrected chi connectivity index (χ3v) is 4.26. The van der Waals surface area contributed by atoms with Gasteiger partial charge in [-0.05, 0) is 36.9 Å². The SMILES string of the molecule is CNCC(O)[C@H](c1cccc(F)c1)n1ccc2cccc(Cl)c21. The number of hydrogen-bond donors (Lipinski definition) is 2. The Kier molecular flexibility index (Phi) is 4.66. The monoisotopic (exact) mass is 332 g/mol. The van der Waals surface area contributed by atoms with Crippen molar-refractivity contribution in [1.29, 1.82) is 0 Å². The first kappa shape index (κ1) is 16.0. The van der Waals surface area contributed by atoms with Crippen LogP contribution in [0.25, 0.3) is 10.9 Å². The zero-order chi connectivity index (χ0) is 16.4. The van der Waals surface area contributed by atoms with Crippen molar-refractivity contribution < 1.29 is 9.50 Å². The molecular weight excluding hydrogens is 315 g/mol. The van der Waals surface area contributed by atoms with Crippen LogP contribution in [-0.4, -0.2) is 29.4 Å². The molecule has 0 amide bonds. The van der Waals surface area contributed by atoms with E-state index in [0.717, 1.165) is 10.9 Å². The van der Waals surface area contributed by atoms with Gasteiger partial charge < -0.3 is 15.0 Å². The molecule has 0 aliphatic rings. The second kappa shape index (κ2) is 6.71. The van der Waals surface area contributed by atoms with Gasteiger partial charge in [-0.25, -0.2) is 4.39 Å². The molecule has 2 aromatic carbocycles. The highest BCUT2D eigenvalue weighted by Gasteiger charge is 2.24. The minimum Gasteiger partial charge on any atom is -0.389 e. The van der Waals surface area contributed by atoms with E-state index in [1.54, 1.807) is 13.1 Å². The Balaban J connectivity index is 2.18. The van der Waals surface area contributed by atoms with E-state index in [0.29, 0.717) is 17.1 Å². The molecule has 0 aliphatic heterocycles. The van der Waals surface area contributed by atoms with Crippen LogP contribution in [0.5, 0.6) is 0 Å². The number of halogens is 2. The molecule has 3 aromatic rings. The largest absolute Gasteiger partial charge is 0.389 e. The zero-order valence-electron chi connectivity index (χ0n) is 12.7. The fourth-order valence-electron chi connectivity index (χ4n) is 2.99. The molecule has 1 heterocycles. The van der Waals surface area contributed by atoms with Crippen LogP contribution < -0.4 is 5.32 Å². The van der Waals surface area contributed by atoms with E-state index in [1.807, 2.05) is 41.1 Å². The molecule has 2 N–H and O–H groups in total. The van der Waals surface area contributed by atoms with Gasteiger partial charge in [0.1, 0.15) is 5.82 Å². The van der Waals surface area contributed by atoms with Crippen molar-refractivity contribution in [3.8, 4) is 0 Å². The Labute approximate surface area is 139 Å². The summed E-state index contributed by atoms with van der Waals surface area (Å²) in [6, 6.07) is 13.5. The van der Waals surface area contributed by atoms with Gasteiger partial charge in [-0.3, -0.25) is 0 Å². The molecule has 1 aromatic heterocycles. The Morgan fingerprint density at radius 3 is 2.74 bits per heavy atom. The molecule has 0 spiro atoms. The summed E-state index contributed by atoms with van der Waals surface area (Å²) in [5.74, 6) is -0.327. The van der Waals surface area contributed by atoms with Crippen molar-refractivity contribution in [1.82, 2.24) is 9.88 Å². The van der Waals surface area contributed by atoms with Gasteiger partial charge in [0.2, 0.25) is 0 Å². The van der Waals surface area contributed by atoms with Crippen molar-refractivity contribution in [2.24, 2.45) is 0 Å². The van der Waals surface area contributed by atoms with Crippen molar-refractivity contribution in [3.63, 3.8) is 0 Å². The highest BCUT2D eigenvalue weighted by atomic mass is 35.5. The Morgan fingerprint density at radius 1 is 1.22 bits per heavy atom. The third kappa shape index (κ3) is 3.11. The van der Waals surface area contributed by atoms with Crippen LogP contribution in [0.3, 0.4) is 0 Å². The van der Waals surface area contributed by atoms with Crippen molar-refractivity contribution in [2.75, 3.05) is 13.6 Å². The van der Waals surface area contributed by atoms with Gasteiger partial charge in [0.05, 0.1) is 22.7 Å². The lowest BCUT2D eigenvalue weighted by Gasteiger charge is -2.26. The predicted octanol–water partition coefficient (Wildman–Crippen LogP) is 3.60. The maximum atomic E-state index is 13.7. The predicted molar refractivity (Wildman–Crippen MR) is 91.4 cm³/mol. The van der Waals surface area contributed by atoms with E-state index >= 15 is 0 Å². The molecule has 0 saturated carbocycles. The van der Waals surface area contributed by atoms with Gasteiger partial charge in [-0.2, -0.15) is 0 Å². The second-order valence-electron chi connectivity index (χ2n) is 5.53. The number of aromatic nitrogens is 1. The van der Waals surface area contributed by atoms with Crippen molar-refractivity contribution >= 4 is 22.5 Å². The Hall–Kier alpha value is -1.88. The van der Waals surface area contributed by atoms with Gasteiger partial charge in [0.25, 0.3) is 0 Å². The maximum Gasteiger partial charge on any atom is 0.123 e. The smallest absolute Gasteiger partial charge is 0.123 e. The molecule has 0 saturated heterocycles. The van der Waals surface area contributed by atoms with Crippen molar-refractivity contribution in [3.05, 3.63) is 71.1 Å². The van der Waals surface area contributed by atoms with E-state index < -0.39 is 12.1 Å². The van der Waals surface area contributed by atoms with E-state index in [9.17, 15) is 9.50 Å². The average molecular weight is 333 g/mol. The first-order chi connectivity index (χ1) is 11.1. The van der Waals surface area contributed by atoms with E-state index in [-0.39, 0.29) is 5.82 Å². The van der Waals surface area contributed by atoms with Crippen LogP contribution in [0.4, 0.5) is 4.39 Å². The molecule has 0 aliphatic carbocycles. The van der Waals surface area contributed by atoms with Crippen molar-refractivity contribution in [2.45, 2.75) is 12.1 Å². The average Bonchev–Trinajstić information content (AvgIpc) is 2.93. The normalized spacial score (nSPS) is 14.1. The molecule has 0 radical (unpaired) electrons. The van der Waals surface area contributed by atoms with Crippen LogP contribution in [-0.2, 0) is 0 Å². The summed E-state index contributed by atoms with van der Waals surface area (Å²) in [6.45, 7) is 0.380. The molecule has 23 heavy (non-hydrogen) atoms. The van der Waals surface area contributed by atoms with Crippen LogP contribution >= 0.6 is 11.6 Å². The fraction of sp³-hybridized carbons (Fsp3) is 0.222. The van der Waals surface area contributed by atoms with Gasteiger partial charge in [0.15, 0.2) is 0 Å². The Bertz CT molecular complexity index is 818. The number of para-hydroxylation sites is 1. The van der Waals surface area contributed by atoms with Gasteiger partial charge in [-0.15, -0.1) is 0 Å². The summed E-state index contributed by atoms with van der Waals surface area (Å²) in [4.78, 5) is 0. The number of rotatable bonds is 5. The third-order valence-electron chi connectivity index (χ3n) is 3.96. The molecule has 120 valence electrons. The molecule has 3 nitrogen and oxygen atoms in total. The number of aliphatic hydroxyl groups is 1. The summed E-state index contributed by atoms with van der Waals surface area (Å²) < 4.78 is 15.6. The van der Waals surface area contributed by atoms with Gasteiger partial charge >= 0.3 is 0 Å². The summed E-state index contributed by atoms with van der Waals surface area (Å²) >= 11 is 6.36. The lowest BCUT2D eigenvalue weighted by Crippen LogP contribution is -2.33. The van der Waals surface area contributed by atoms with E-state index in [2.05, 4.69) is 5.32 Å². The molecule has 1 unspecified atom stereocenters. The van der Waals surface area contributed by atoms with Gasteiger partial charge in [0, 0.05) is 18.1 Å². The minimum absolute atomic E-state index is 0.327. The summed E-state index contributed by atoms with van der Waals surface area (Å²) in [5, 5.41) is 15.2. The van der Waals surface area contributed by atoms with Gasteiger partial charge in [-0.1, -0.05) is 35.9 Å². The summed E-state index contributed by atoms with van der Waals surface area (Å²) in [6.07, 6.45) is 1.15. The number of fused-ring (bicyclic) bond motifs is 1. The summed E-state index contributed by atoms with van der Waals surface area (Å²) in [7, 11) is 1.77. The van der Waals surface area contributed by atoms with E-state index in [1.165, 1.54) is 12.1 Å². The highest BCUT2D eigenvalue weighted by molar-refractivity contribution is 6.35. The molecule has 2 atom stereocenters. The topological polar surface area (TPSA) is 37.2 Å². The first-order valence-electron chi connectivity index (χ1n) is 7.45. The molecule has 5 heteroatoms. The number of aliphatic hydroxyl groups excluding tert-OH is 1. The van der Waals surface area contributed by atoms with Crippen LogP contribution in [0.2, 0.25) is 5.02 Å². The zero-order valence-corrected chi connectivity index (χ0v) is 13.5. The standard InChI is InChI=1S/C18H18ClFN2O/c1-21-11-16(23)18(13-5-2-6-14(20)10-13)22-9-8-12-4-3-7-15(19)17(12)22/h2-10,16,18,21,23H,11H2,1H3/t16?,18-/m0/s1. The van der Waals surface area contributed by atoms with Crippen LogP contribution in [0, 0.1) is 5.82 Å². The number of hydrogen-bond acceptors (Lipinski definition) is 2.